The van der Waals surface area contributed by atoms with E-state index in [1.54, 1.807) is 12.1 Å². The molecule has 2 fully saturated rings. The number of hydrogen-bond donors (Lipinski definition) is 0. The molecule has 0 aliphatic carbocycles. The third-order valence-electron chi connectivity index (χ3n) is 4.01. The van der Waals surface area contributed by atoms with Crippen molar-refractivity contribution in [3.63, 3.8) is 0 Å². The average Bonchev–Trinajstić information content (AvgIpc) is 3.37. The molecule has 0 N–H and O–H groups in total. The summed E-state index contributed by atoms with van der Waals surface area (Å²) in [5.41, 5.74) is 1.62. The van der Waals surface area contributed by atoms with Gasteiger partial charge in [0.2, 0.25) is 0 Å². The lowest BCUT2D eigenvalue weighted by molar-refractivity contribution is -0.385. The number of benzene rings is 1. The second-order valence-corrected chi connectivity index (χ2v) is 7.97. The van der Waals surface area contributed by atoms with Crippen molar-refractivity contribution in [3.05, 3.63) is 39.4 Å². The van der Waals surface area contributed by atoms with Crippen LogP contribution in [0.25, 0.3) is 0 Å². The predicted octanol–water partition coefficient (Wildman–Crippen LogP) is 2.97. The Morgan fingerprint density at radius 2 is 1.91 bits per heavy atom. The van der Waals surface area contributed by atoms with E-state index >= 15 is 0 Å². The molecule has 0 amide bonds. The number of nitro benzene ring substituents is 1. The molecule has 8 heteroatoms. The third kappa shape index (κ3) is 2.94. The van der Waals surface area contributed by atoms with Crippen LogP contribution in [0, 0.1) is 10.1 Å². The first-order valence-electron chi connectivity index (χ1n) is 7.52. The Morgan fingerprint density at radius 3 is 2.36 bits per heavy atom. The van der Waals surface area contributed by atoms with E-state index in [9.17, 15) is 14.7 Å². The molecular formula is C14H20N3O4P. The van der Waals surface area contributed by atoms with Crippen LogP contribution in [0.5, 0.6) is 0 Å². The molecule has 2 aliphatic heterocycles. The molecule has 120 valence electrons. The van der Waals surface area contributed by atoms with Gasteiger partial charge >= 0.3 is 7.67 Å². The average molecular weight is 325 g/mol. The smallest absolute Gasteiger partial charge is 0.298 e. The number of aryl methyl sites for hydroxylation is 1. The van der Waals surface area contributed by atoms with Gasteiger partial charge in [-0.1, -0.05) is 6.92 Å². The minimum absolute atomic E-state index is 0.124. The highest BCUT2D eigenvalue weighted by atomic mass is 31.2. The minimum atomic E-state index is -2.88. The first kappa shape index (κ1) is 15.6. The first-order valence-corrected chi connectivity index (χ1v) is 9.05. The van der Waals surface area contributed by atoms with E-state index in [4.69, 9.17) is 4.52 Å². The Morgan fingerprint density at radius 1 is 1.32 bits per heavy atom. The van der Waals surface area contributed by atoms with Gasteiger partial charge in [0.1, 0.15) is 0 Å². The van der Waals surface area contributed by atoms with Gasteiger partial charge in [-0.05, 0) is 31.0 Å². The summed E-state index contributed by atoms with van der Waals surface area (Å²) in [6.45, 7) is 6.96. The van der Waals surface area contributed by atoms with Crippen molar-refractivity contribution in [1.82, 2.24) is 9.34 Å². The maximum absolute atomic E-state index is 13.0. The fraction of sp³-hybridized carbons (Fsp3) is 0.571. The molecule has 1 atom stereocenters. The van der Waals surface area contributed by atoms with Crippen LogP contribution >= 0.6 is 7.67 Å². The van der Waals surface area contributed by atoms with Crippen LogP contribution in [0.3, 0.4) is 0 Å². The van der Waals surface area contributed by atoms with Gasteiger partial charge in [-0.25, -0.2) is 9.34 Å². The van der Waals surface area contributed by atoms with Crippen molar-refractivity contribution >= 4 is 13.4 Å². The van der Waals surface area contributed by atoms with Crippen LogP contribution in [-0.2, 0) is 15.5 Å². The van der Waals surface area contributed by atoms with Crippen molar-refractivity contribution in [2.24, 2.45) is 0 Å². The summed E-state index contributed by atoms with van der Waals surface area (Å²) in [4.78, 5) is 10.6. The summed E-state index contributed by atoms with van der Waals surface area (Å²) in [6.07, 6.45) is 0.213. The molecule has 1 unspecified atom stereocenters. The molecule has 3 rings (SSSR count). The topological polar surface area (TPSA) is 75.5 Å². The standard InChI is InChI=1S/C14H20N3O4P/c1-3-12-10-13(4-5-14(12)17(18)19)11(2)21-22(20,15-6-7-15)16-8-9-16/h4-5,10-11H,3,6-9H2,1-2H3. The fourth-order valence-corrected chi connectivity index (χ4v) is 4.84. The lowest BCUT2D eigenvalue weighted by Gasteiger charge is -2.24. The molecule has 7 nitrogen and oxygen atoms in total. The fourth-order valence-electron chi connectivity index (χ4n) is 2.49. The summed E-state index contributed by atoms with van der Waals surface area (Å²) in [6, 6.07) is 4.99. The van der Waals surface area contributed by atoms with E-state index in [1.807, 2.05) is 23.2 Å². The summed E-state index contributed by atoms with van der Waals surface area (Å²) >= 11 is 0. The summed E-state index contributed by atoms with van der Waals surface area (Å²) in [5, 5.41) is 11.0. The molecular weight excluding hydrogens is 305 g/mol. The molecule has 2 aliphatic rings. The molecule has 0 spiro atoms. The van der Waals surface area contributed by atoms with E-state index < -0.39 is 7.67 Å². The molecule has 22 heavy (non-hydrogen) atoms. The quantitative estimate of drug-likeness (QED) is 0.332. The van der Waals surface area contributed by atoms with E-state index in [0.717, 1.165) is 31.7 Å². The predicted molar refractivity (Wildman–Crippen MR) is 82.7 cm³/mol. The molecule has 2 saturated heterocycles. The number of rotatable bonds is 7. The van der Waals surface area contributed by atoms with Gasteiger partial charge in [0.15, 0.2) is 0 Å². The molecule has 0 aromatic heterocycles. The van der Waals surface area contributed by atoms with Crippen molar-refractivity contribution in [2.75, 3.05) is 26.2 Å². The van der Waals surface area contributed by atoms with Crippen molar-refractivity contribution in [1.29, 1.82) is 0 Å². The molecule has 0 bridgehead atoms. The maximum Gasteiger partial charge on any atom is 0.346 e. The van der Waals surface area contributed by atoms with E-state index in [1.165, 1.54) is 6.07 Å². The normalized spacial score (nSPS) is 19.9. The van der Waals surface area contributed by atoms with Crippen LogP contribution < -0.4 is 0 Å². The van der Waals surface area contributed by atoms with Crippen molar-refractivity contribution in [3.8, 4) is 0 Å². The SMILES string of the molecule is CCc1cc(C(C)OP(=O)(N2CC2)N2CC2)ccc1[N+](=O)[O-]. The lowest BCUT2D eigenvalue weighted by atomic mass is 10.0. The Bertz CT molecular complexity index is 627. The second kappa shape index (κ2) is 5.74. The molecule has 0 saturated carbocycles. The Balaban J connectivity index is 1.81. The summed E-state index contributed by atoms with van der Waals surface area (Å²) in [5.74, 6) is 0. The largest absolute Gasteiger partial charge is 0.346 e. The Kier molecular flexibility index (Phi) is 4.07. The van der Waals surface area contributed by atoms with Gasteiger partial charge in [-0.3, -0.25) is 19.2 Å². The molecule has 2 heterocycles. The third-order valence-corrected chi connectivity index (χ3v) is 6.83. The van der Waals surface area contributed by atoms with Crippen LogP contribution in [0.15, 0.2) is 18.2 Å². The molecule has 0 radical (unpaired) electrons. The summed E-state index contributed by atoms with van der Waals surface area (Å²) in [7, 11) is -2.88. The molecule has 1 aromatic rings. The first-order chi connectivity index (χ1) is 10.5. The van der Waals surface area contributed by atoms with Gasteiger partial charge in [0.25, 0.3) is 5.69 Å². The monoisotopic (exact) mass is 325 g/mol. The number of hydrogen-bond acceptors (Lipinski definition) is 4. The van der Waals surface area contributed by atoms with E-state index in [2.05, 4.69) is 0 Å². The number of nitro groups is 1. The highest BCUT2D eigenvalue weighted by molar-refractivity contribution is 7.54. The number of nitrogens with zero attached hydrogens (tertiary/aromatic N) is 3. The van der Waals surface area contributed by atoms with Crippen LogP contribution in [0.4, 0.5) is 5.69 Å². The van der Waals surface area contributed by atoms with Crippen molar-refractivity contribution < 1.29 is 14.0 Å². The zero-order valence-corrected chi connectivity index (χ0v) is 13.7. The zero-order chi connectivity index (χ0) is 15.9. The molecule has 1 aromatic carbocycles. The lowest BCUT2D eigenvalue weighted by Crippen LogP contribution is -2.11. The van der Waals surface area contributed by atoms with E-state index in [-0.39, 0.29) is 16.7 Å². The van der Waals surface area contributed by atoms with Crippen molar-refractivity contribution in [2.45, 2.75) is 26.4 Å². The van der Waals surface area contributed by atoms with Gasteiger partial charge in [0, 0.05) is 37.8 Å². The van der Waals surface area contributed by atoms with Gasteiger partial charge in [-0.15, -0.1) is 0 Å². The zero-order valence-electron chi connectivity index (χ0n) is 12.8. The highest BCUT2D eigenvalue weighted by Gasteiger charge is 2.50. The van der Waals surface area contributed by atoms with Gasteiger partial charge < -0.3 is 0 Å². The second-order valence-electron chi connectivity index (χ2n) is 5.64. The van der Waals surface area contributed by atoms with Gasteiger partial charge in [0.05, 0.1) is 11.0 Å². The Labute approximate surface area is 129 Å². The maximum atomic E-state index is 13.0. The Hall–Kier alpha value is -1.27. The minimum Gasteiger partial charge on any atom is -0.298 e. The summed E-state index contributed by atoms with van der Waals surface area (Å²) < 4.78 is 22.6. The highest BCUT2D eigenvalue weighted by Crippen LogP contribution is 2.63. The van der Waals surface area contributed by atoms with Gasteiger partial charge in [-0.2, -0.15) is 0 Å². The van der Waals surface area contributed by atoms with Crippen LogP contribution in [0.2, 0.25) is 0 Å². The van der Waals surface area contributed by atoms with Crippen LogP contribution in [0.1, 0.15) is 31.1 Å². The van der Waals surface area contributed by atoms with Crippen LogP contribution in [-0.4, -0.2) is 40.4 Å². The van der Waals surface area contributed by atoms with E-state index in [0.29, 0.717) is 12.0 Å².